The van der Waals surface area contributed by atoms with Gasteiger partial charge in [0.2, 0.25) is 0 Å². The van der Waals surface area contributed by atoms with Crippen LogP contribution in [0.15, 0.2) is 30.3 Å². The highest BCUT2D eigenvalue weighted by atomic mass is 19.1. The molecule has 0 radical (unpaired) electrons. The van der Waals surface area contributed by atoms with Crippen LogP contribution in [-0.4, -0.2) is 12.9 Å². The topological polar surface area (TPSA) is 26.3 Å². The van der Waals surface area contributed by atoms with Crippen LogP contribution in [0.5, 0.6) is 5.75 Å². The average Bonchev–Trinajstić information content (AvgIpc) is 2.44. The minimum Gasteiger partial charge on any atom is -0.496 e. The quantitative estimate of drug-likeness (QED) is 0.790. The fraction of sp³-hybridized carbons (Fsp3) is 0.235. The number of carbonyl (C=O) groups is 1. The largest absolute Gasteiger partial charge is 0.496 e. The first-order valence-corrected chi connectivity index (χ1v) is 6.40. The van der Waals surface area contributed by atoms with Crippen molar-refractivity contribution in [3.8, 4) is 5.75 Å². The Morgan fingerprint density at radius 1 is 1.05 bits per heavy atom. The van der Waals surface area contributed by atoms with E-state index in [1.807, 2.05) is 19.9 Å². The van der Waals surface area contributed by atoms with E-state index in [9.17, 15) is 9.18 Å². The predicted molar refractivity (Wildman–Crippen MR) is 77.0 cm³/mol. The number of halogens is 1. The fourth-order valence-electron chi connectivity index (χ4n) is 2.17. The van der Waals surface area contributed by atoms with E-state index in [0.717, 1.165) is 11.1 Å². The minimum atomic E-state index is -0.311. The van der Waals surface area contributed by atoms with Crippen LogP contribution in [0, 0.1) is 26.6 Å². The van der Waals surface area contributed by atoms with Crippen molar-refractivity contribution < 1.29 is 13.9 Å². The van der Waals surface area contributed by atoms with Crippen molar-refractivity contribution >= 4 is 5.78 Å². The first-order valence-electron chi connectivity index (χ1n) is 6.40. The van der Waals surface area contributed by atoms with Crippen molar-refractivity contribution in [2.24, 2.45) is 0 Å². The summed E-state index contributed by atoms with van der Waals surface area (Å²) in [7, 11) is 1.55. The van der Waals surface area contributed by atoms with Gasteiger partial charge in [-0.15, -0.1) is 0 Å². The molecule has 0 N–H and O–H groups in total. The summed E-state index contributed by atoms with van der Waals surface area (Å²) in [6.45, 7) is 5.53. The van der Waals surface area contributed by atoms with Gasteiger partial charge in [0.1, 0.15) is 11.6 Å². The smallest absolute Gasteiger partial charge is 0.196 e. The summed E-state index contributed by atoms with van der Waals surface area (Å²) in [5.74, 6) is 0.110. The third-order valence-corrected chi connectivity index (χ3v) is 3.55. The van der Waals surface area contributed by atoms with Gasteiger partial charge in [0.25, 0.3) is 0 Å². The molecule has 0 aliphatic carbocycles. The Labute approximate surface area is 118 Å². The molecule has 0 aromatic heterocycles. The molecule has 0 fully saturated rings. The standard InChI is InChI=1S/C17H17FO2/c1-10-5-7-14(17(20-4)12(10)3)16(19)13-6-8-15(18)11(2)9-13/h5-9H,1-4H3. The Morgan fingerprint density at radius 3 is 2.35 bits per heavy atom. The Kier molecular flexibility index (Phi) is 3.89. The summed E-state index contributed by atoms with van der Waals surface area (Å²) in [5, 5.41) is 0. The van der Waals surface area contributed by atoms with Crippen LogP contribution in [0.25, 0.3) is 0 Å². The summed E-state index contributed by atoms with van der Waals surface area (Å²) in [5.41, 5.74) is 3.43. The van der Waals surface area contributed by atoms with Crippen LogP contribution in [0.2, 0.25) is 0 Å². The Balaban J connectivity index is 2.53. The second kappa shape index (κ2) is 5.45. The van der Waals surface area contributed by atoms with E-state index in [2.05, 4.69) is 0 Å². The zero-order chi connectivity index (χ0) is 14.9. The second-order valence-corrected chi connectivity index (χ2v) is 4.88. The van der Waals surface area contributed by atoms with Crippen molar-refractivity contribution in [3.63, 3.8) is 0 Å². The molecular formula is C17H17FO2. The zero-order valence-electron chi connectivity index (χ0n) is 12.1. The average molecular weight is 272 g/mol. The van der Waals surface area contributed by atoms with Gasteiger partial charge < -0.3 is 4.74 Å². The van der Waals surface area contributed by atoms with Gasteiger partial charge in [-0.1, -0.05) is 6.07 Å². The Morgan fingerprint density at radius 2 is 1.75 bits per heavy atom. The number of aryl methyl sites for hydroxylation is 2. The van der Waals surface area contributed by atoms with E-state index in [1.54, 1.807) is 26.2 Å². The zero-order valence-corrected chi connectivity index (χ0v) is 12.1. The molecule has 0 saturated heterocycles. The molecular weight excluding hydrogens is 255 g/mol. The molecule has 104 valence electrons. The summed E-state index contributed by atoms with van der Waals surface area (Å²) >= 11 is 0. The molecule has 0 atom stereocenters. The lowest BCUT2D eigenvalue weighted by Crippen LogP contribution is -2.06. The highest BCUT2D eigenvalue weighted by Gasteiger charge is 2.17. The number of ketones is 1. The Bertz CT molecular complexity index is 675. The molecule has 2 aromatic carbocycles. The SMILES string of the molecule is COc1c(C(=O)c2ccc(F)c(C)c2)ccc(C)c1C. The molecule has 0 aliphatic heterocycles. The number of ether oxygens (including phenoxy) is 1. The maximum absolute atomic E-state index is 13.3. The molecule has 0 spiro atoms. The second-order valence-electron chi connectivity index (χ2n) is 4.88. The van der Waals surface area contributed by atoms with Gasteiger partial charge in [-0.05, 0) is 61.7 Å². The van der Waals surface area contributed by atoms with Gasteiger partial charge in [0.05, 0.1) is 12.7 Å². The summed E-state index contributed by atoms with van der Waals surface area (Å²) in [6, 6.07) is 8.02. The number of methoxy groups -OCH3 is 1. The fourth-order valence-corrected chi connectivity index (χ4v) is 2.17. The van der Waals surface area contributed by atoms with Gasteiger partial charge in [-0.25, -0.2) is 4.39 Å². The number of benzene rings is 2. The number of hydrogen-bond donors (Lipinski definition) is 0. The van der Waals surface area contributed by atoms with Crippen LogP contribution in [0.1, 0.15) is 32.6 Å². The van der Waals surface area contributed by atoms with Crippen molar-refractivity contribution in [3.05, 3.63) is 64.0 Å². The van der Waals surface area contributed by atoms with Crippen LogP contribution in [0.4, 0.5) is 4.39 Å². The molecule has 0 aliphatic rings. The van der Waals surface area contributed by atoms with Crippen LogP contribution < -0.4 is 4.74 Å². The van der Waals surface area contributed by atoms with Gasteiger partial charge >= 0.3 is 0 Å². The first kappa shape index (κ1) is 14.3. The lowest BCUT2D eigenvalue weighted by Gasteiger charge is -2.13. The molecule has 0 unspecified atom stereocenters. The van der Waals surface area contributed by atoms with Crippen molar-refractivity contribution in [1.82, 2.24) is 0 Å². The van der Waals surface area contributed by atoms with E-state index in [4.69, 9.17) is 4.74 Å². The van der Waals surface area contributed by atoms with Crippen molar-refractivity contribution in [2.75, 3.05) is 7.11 Å². The molecule has 3 heteroatoms. The number of rotatable bonds is 3. The highest BCUT2D eigenvalue weighted by molar-refractivity contribution is 6.11. The molecule has 0 saturated carbocycles. The van der Waals surface area contributed by atoms with E-state index >= 15 is 0 Å². The summed E-state index contributed by atoms with van der Waals surface area (Å²) in [4.78, 5) is 12.6. The van der Waals surface area contributed by atoms with E-state index < -0.39 is 0 Å². The van der Waals surface area contributed by atoms with E-state index in [-0.39, 0.29) is 11.6 Å². The molecule has 0 bridgehead atoms. The number of carbonyl (C=O) groups excluding carboxylic acids is 1. The molecule has 0 amide bonds. The summed E-state index contributed by atoms with van der Waals surface area (Å²) < 4.78 is 18.6. The van der Waals surface area contributed by atoms with Crippen molar-refractivity contribution in [1.29, 1.82) is 0 Å². The highest BCUT2D eigenvalue weighted by Crippen LogP contribution is 2.28. The maximum Gasteiger partial charge on any atom is 0.196 e. The van der Waals surface area contributed by atoms with Gasteiger partial charge in [0.15, 0.2) is 5.78 Å². The van der Waals surface area contributed by atoms with Gasteiger partial charge in [0, 0.05) is 5.56 Å². The lowest BCUT2D eigenvalue weighted by molar-refractivity contribution is 0.103. The summed E-state index contributed by atoms with van der Waals surface area (Å²) in [6.07, 6.45) is 0. The molecule has 2 aromatic rings. The van der Waals surface area contributed by atoms with Crippen LogP contribution in [-0.2, 0) is 0 Å². The van der Waals surface area contributed by atoms with E-state index in [1.165, 1.54) is 12.1 Å². The minimum absolute atomic E-state index is 0.159. The molecule has 2 nitrogen and oxygen atoms in total. The third kappa shape index (κ3) is 2.44. The van der Waals surface area contributed by atoms with Gasteiger partial charge in [-0.2, -0.15) is 0 Å². The monoisotopic (exact) mass is 272 g/mol. The lowest BCUT2D eigenvalue weighted by atomic mass is 9.97. The Hall–Kier alpha value is -2.16. The number of hydrogen-bond acceptors (Lipinski definition) is 2. The molecule has 0 heterocycles. The maximum atomic E-state index is 13.3. The van der Waals surface area contributed by atoms with Crippen LogP contribution >= 0.6 is 0 Å². The first-order chi connectivity index (χ1) is 9.45. The van der Waals surface area contributed by atoms with E-state index in [0.29, 0.717) is 22.4 Å². The normalized spacial score (nSPS) is 10.4. The molecule has 20 heavy (non-hydrogen) atoms. The molecule has 2 rings (SSSR count). The van der Waals surface area contributed by atoms with Gasteiger partial charge in [-0.3, -0.25) is 4.79 Å². The third-order valence-electron chi connectivity index (χ3n) is 3.55. The van der Waals surface area contributed by atoms with Crippen molar-refractivity contribution in [2.45, 2.75) is 20.8 Å². The predicted octanol–water partition coefficient (Wildman–Crippen LogP) is 3.99. The van der Waals surface area contributed by atoms with Crippen LogP contribution in [0.3, 0.4) is 0 Å².